The zero-order valence-electron chi connectivity index (χ0n) is 8.89. The van der Waals surface area contributed by atoms with Crippen LogP contribution in [0.4, 0.5) is 0 Å². The molecular formula is C12H13NO3. The number of hydrogen-bond donors (Lipinski definition) is 0. The molecule has 84 valence electrons. The molecule has 1 aromatic carbocycles. The Morgan fingerprint density at radius 2 is 2.19 bits per heavy atom. The highest BCUT2D eigenvalue weighted by Crippen LogP contribution is 2.23. The maximum atomic E-state index is 12.2. The van der Waals surface area contributed by atoms with E-state index in [9.17, 15) is 4.79 Å². The van der Waals surface area contributed by atoms with Crippen molar-refractivity contribution in [3.05, 3.63) is 29.8 Å². The molecule has 0 N–H and O–H groups in total. The molecule has 0 aromatic heterocycles. The molecule has 2 heterocycles. The van der Waals surface area contributed by atoms with E-state index in [0.717, 1.165) is 6.61 Å². The molecule has 4 heteroatoms. The molecule has 0 radical (unpaired) electrons. The SMILES string of the molecule is O=C1c2ccccc2OCCN1C[C@@H]1CO1. The molecule has 2 aliphatic heterocycles. The van der Waals surface area contributed by atoms with Crippen molar-refractivity contribution >= 4 is 5.91 Å². The largest absolute Gasteiger partial charge is 0.491 e. The highest BCUT2D eigenvalue weighted by atomic mass is 16.6. The van der Waals surface area contributed by atoms with Crippen LogP contribution in [0.3, 0.4) is 0 Å². The summed E-state index contributed by atoms with van der Waals surface area (Å²) in [5.74, 6) is 0.732. The van der Waals surface area contributed by atoms with E-state index in [0.29, 0.717) is 31.0 Å². The Balaban J connectivity index is 1.87. The number of rotatable bonds is 2. The Bertz CT molecular complexity index is 414. The van der Waals surface area contributed by atoms with Gasteiger partial charge in [-0.05, 0) is 12.1 Å². The summed E-state index contributed by atoms with van der Waals surface area (Å²) in [4.78, 5) is 14.0. The second-order valence-electron chi connectivity index (χ2n) is 4.05. The zero-order chi connectivity index (χ0) is 11.0. The average Bonchev–Trinajstić information content (AvgIpc) is 3.11. The zero-order valence-corrected chi connectivity index (χ0v) is 8.89. The van der Waals surface area contributed by atoms with Gasteiger partial charge in [0.05, 0.1) is 24.8 Å². The van der Waals surface area contributed by atoms with Crippen molar-refractivity contribution in [3.63, 3.8) is 0 Å². The van der Waals surface area contributed by atoms with Crippen molar-refractivity contribution in [1.29, 1.82) is 0 Å². The molecule has 1 saturated heterocycles. The van der Waals surface area contributed by atoms with Crippen molar-refractivity contribution in [2.45, 2.75) is 6.10 Å². The highest BCUT2D eigenvalue weighted by molar-refractivity contribution is 5.97. The quantitative estimate of drug-likeness (QED) is 0.694. The summed E-state index contributed by atoms with van der Waals surface area (Å²) < 4.78 is 10.7. The van der Waals surface area contributed by atoms with E-state index >= 15 is 0 Å². The summed E-state index contributed by atoms with van der Waals surface area (Å²) in [5.41, 5.74) is 0.653. The Morgan fingerprint density at radius 1 is 1.38 bits per heavy atom. The van der Waals surface area contributed by atoms with Gasteiger partial charge in [0.15, 0.2) is 0 Å². The van der Waals surface area contributed by atoms with E-state index in [-0.39, 0.29) is 12.0 Å². The van der Waals surface area contributed by atoms with Crippen LogP contribution in [0.25, 0.3) is 0 Å². The van der Waals surface area contributed by atoms with Crippen LogP contribution < -0.4 is 4.74 Å². The molecule has 0 aliphatic carbocycles. The normalized spacial score (nSPS) is 23.4. The van der Waals surface area contributed by atoms with E-state index in [1.165, 1.54) is 0 Å². The van der Waals surface area contributed by atoms with Crippen molar-refractivity contribution in [3.8, 4) is 5.75 Å². The van der Waals surface area contributed by atoms with Gasteiger partial charge in [0.1, 0.15) is 12.4 Å². The molecule has 16 heavy (non-hydrogen) atoms. The number of fused-ring (bicyclic) bond motifs is 1. The van der Waals surface area contributed by atoms with Crippen molar-refractivity contribution in [2.75, 3.05) is 26.3 Å². The third kappa shape index (κ3) is 1.76. The van der Waals surface area contributed by atoms with Crippen LogP contribution in [0, 0.1) is 0 Å². The lowest BCUT2D eigenvalue weighted by atomic mass is 10.2. The minimum atomic E-state index is 0.0450. The van der Waals surface area contributed by atoms with Gasteiger partial charge in [-0.15, -0.1) is 0 Å². The lowest BCUT2D eigenvalue weighted by Crippen LogP contribution is -2.35. The fourth-order valence-corrected chi connectivity index (χ4v) is 1.90. The van der Waals surface area contributed by atoms with Crippen LogP contribution in [0.2, 0.25) is 0 Å². The van der Waals surface area contributed by atoms with Crippen molar-refractivity contribution in [1.82, 2.24) is 4.90 Å². The smallest absolute Gasteiger partial charge is 0.257 e. The van der Waals surface area contributed by atoms with E-state index in [1.54, 1.807) is 0 Å². The first-order chi connectivity index (χ1) is 7.84. The summed E-state index contributed by atoms with van der Waals surface area (Å²) in [6, 6.07) is 7.39. The average molecular weight is 219 g/mol. The monoisotopic (exact) mass is 219 g/mol. The highest BCUT2D eigenvalue weighted by Gasteiger charge is 2.30. The maximum Gasteiger partial charge on any atom is 0.257 e. The van der Waals surface area contributed by atoms with Crippen LogP contribution >= 0.6 is 0 Å². The fourth-order valence-electron chi connectivity index (χ4n) is 1.90. The predicted octanol–water partition coefficient (Wildman–Crippen LogP) is 0.920. The van der Waals surface area contributed by atoms with Gasteiger partial charge < -0.3 is 14.4 Å². The molecule has 1 amide bonds. The molecule has 3 rings (SSSR count). The first kappa shape index (κ1) is 9.66. The van der Waals surface area contributed by atoms with E-state index in [4.69, 9.17) is 9.47 Å². The molecule has 0 unspecified atom stereocenters. The molecule has 1 atom stereocenters. The number of hydrogen-bond acceptors (Lipinski definition) is 3. The maximum absolute atomic E-state index is 12.2. The van der Waals surface area contributed by atoms with Crippen molar-refractivity contribution < 1.29 is 14.3 Å². The standard InChI is InChI=1S/C12H13NO3/c14-12-10-3-1-2-4-11(10)15-6-5-13(12)7-9-8-16-9/h1-4,9H,5-8H2/t9-/m1/s1. The first-order valence-electron chi connectivity index (χ1n) is 5.47. The number of amides is 1. The predicted molar refractivity (Wildman–Crippen MR) is 57.6 cm³/mol. The lowest BCUT2D eigenvalue weighted by molar-refractivity contribution is 0.0742. The fraction of sp³-hybridized carbons (Fsp3) is 0.417. The van der Waals surface area contributed by atoms with Crippen LogP contribution in [0.5, 0.6) is 5.75 Å². The van der Waals surface area contributed by atoms with Gasteiger partial charge in [0.2, 0.25) is 0 Å². The first-order valence-corrected chi connectivity index (χ1v) is 5.47. The minimum Gasteiger partial charge on any atom is -0.491 e. The molecule has 1 fully saturated rings. The van der Waals surface area contributed by atoms with Gasteiger partial charge in [0, 0.05) is 6.54 Å². The van der Waals surface area contributed by atoms with Gasteiger partial charge in [-0.3, -0.25) is 4.79 Å². The van der Waals surface area contributed by atoms with E-state index in [2.05, 4.69) is 0 Å². The number of ether oxygens (including phenoxy) is 2. The summed E-state index contributed by atoms with van der Waals surface area (Å²) in [7, 11) is 0. The summed E-state index contributed by atoms with van der Waals surface area (Å²) in [5, 5.41) is 0. The van der Waals surface area contributed by atoms with Crippen molar-refractivity contribution in [2.24, 2.45) is 0 Å². The van der Waals surface area contributed by atoms with Gasteiger partial charge in [-0.2, -0.15) is 0 Å². The van der Waals surface area contributed by atoms with E-state index in [1.807, 2.05) is 29.2 Å². The molecule has 1 aromatic rings. The van der Waals surface area contributed by atoms with Gasteiger partial charge in [0.25, 0.3) is 5.91 Å². The van der Waals surface area contributed by atoms with Crippen LogP contribution in [-0.2, 0) is 4.74 Å². The Labute approximate surface area is 93.8 Å². The summed E-state index contributed by atoms with van der Waals surface area (Å²) in [6.07, 6.45) is 0.231. The Morgan fingerprint density at radius 3 is 3.00 bits per heavy atom. The number of carbonyl (C=O) groups is 1. The third-order valence-electron chi connectivity index (χ3n) is 2.85. The molecular weight excluding hydrogens is 206 g/mol. The molecule has 2 aliphatic rings. The minimum absolute atomic E-state index is 0.0450. The van der Waals surface area contributed by atoms with Crippen LogP contribution in [-0.4, -0.2) is 43.2 Å². The molecule has 0 saturated carbocycles. The van der Waals surface area contributed by atoms with Gasteiger partial charge >= 0.3 is 0 Å². The summed E-state index contributed by atoms with van der Waals surface area (Å²) >= 11 is 0. The van der Waals surface area contributed by atoms with Gasteiger partial charge in [-0.25, -0.2) is 0 Å². The van der Waals surface area contributed by atoms with Crippen LogP contribution in [0.15, 0.2) is 24.3 Å². The number of epoxide rings is 1. The topological polar surface area (TPSA) is 42.1 Å². The Hall–Kier alpha value is -1.55. The van der Waals surface area contributed by atoms with Gasteiger partial charge in [-0.1, -0.05) is 12.1 Å². The number of para-hydroxylation sites is 1. The number of benzene rings is 1. The van der Waals surface area contributed by atoms with Crippen LogP contribution in [0.1, 0.15) is 10.4 Å². The molecule has 0 bridgehead atoms. The van der Waals surface area contributed by atoms with E-state index < -0.39 is 0 Å². The lowest BCUT2D eigenvalue weighted by Gasteiger charge is -2.18. The molecule has 4 nitrogen and oxygen atoms in total. The second kappa shape index (κ2) is 3.79. The Kier molecular flexibility index (Phi) is 2.29. The summed E-state index contributed by atoms with van der Waals surface area (Å²) in [6.45, 7) is 2.63. The molecule has 0 spiro atoms. The number of carbonyl (C=O) groups excluding carboxylic acids is 1. The second-order valence-corrected chi connectivity index (χ2v) is 4.05. The number of nitrogens with zero attached hydrogens (tertiary/aromatic N) is 1. The third-order valence-corrected chi connectivity index (χ3v) is 2.85.